The zero-order valence-corrected chi connectivity index (χ0v) is 27.4. The number of halogens is 1. The van der Waals surface area contributed by atoms with Gasteiger partial charge in [0.2, 0.25) is 0 Å². The fourth-order valence-electron chi connectivity index (χ4n) is 6.46. The monoisotopic (exact) mass is 688 g/mol. The molecule has 8 aromatic rings. The van der Waals surface area contributed by atoms with Crippen molar-refractivity contribution in [3.05, 3.63) is 170 Å². The Morgan fingerprint density at radius 3 is 1.20 bits per heavy atom. The summed E-state index contributed by atoms with van der Waals surface area (Å²) in [5.41, 5.74) is 9.93. The summed E-state index contributed by atoms with van der Waals surface area (Å²) in [4.78, 5) is 0. The second-order valence-corrected chi connectivity index (χ2v) is 12.7. The highest BCUT2D eigenvalue weighted by Gasteiger charge is 2.18. The van der Waals surface area contributed by atoms with E-state index in [1.807, 2.05) is 0 Å². The van der Waals surface area contributed by atoms with Gasteiger partial charge in [-0.2, -0.15) is 0 Å². The molecule has 0 aliphatic heterocycles. The minimum absolute atomic E-state index is 1.22. The summed E-state index contributed by atoms with van der Waals surface area (Å²) < 4.78 is 1.22. The maximum absolute atomic E-state index is 2.37. The van der Waals surface area contributed by atoms with Crippen LogP contribution < -0.4 is 0 Å². The van der Waals surface area contributed by atoms with Gasteiger partial charge in [-0.25, -0.2) is 0 Å². The van der Waals surface area contributed by atoms with Gasteiger partial charge in [0.1, 0.15) is 0 Å². The van der Waals surface area contributed by atoms with Crippen molar-refractivity contribution in [2.75, 3.05) is 4.43 Å². The van der Waals surface area contributed by atoms with Crippen LogP contribution in [0.2, 0.25) is 0 Å². The van der Waals surface area contributed by atoms with E-state index in [1.54, 1.807) is 0 Å². The van der Waals surface area contributed by atoms with Crippen LogP contribution in [0.4, 0.5) is 0 Å². The SMILES string of the molecule is CCI.c1ccc(-c2cc(-c3ccccc3)cc(-c3c4ccccc4c(-c4ccc5ccccc5c4)c4ccccc34)c2)cc1. The first-order chi connectivity index (χ1) is 22.2. The molecule has 0 N–H and O–H groups in total. The fraction of sp³-hybridized carbons (Fsp3) is 0.0455. The van der Waals surface area contributed by atoms with Crippen molar-refractivity contribution in [3.63, 3.8) is 0 Å². The van der Waals surface area contributed by atoms with Crippen LogP contribution in [0.3, 0.4) is 0 Å². The van der Waals surface area contributed by atoms with Gasteiger partial charge in [-0.3, -0.25) is 0 Å². The van der Waals surface area contributed by atoms with E-state index in [4.69, 9.17) is 0 Å². The third-order valence-electron chi connectivity index (χ3n) is 8.41. The second-order valence-electron chi connectivity index (χ2n) is 11.2. The molecule has 8 aromatic carbocycles. The Labute approximate surface area is 279 Å². The summed E-state index contributed by atoms with van der Waals surface area (Å²) in [6, 6.07) is 61.8. The summed E-state index contributed by atoms with van der Waals surface area (Å²) in [6.45, 7) is 2.11. The van der Waals surface area contributed by atoms with Crippen LogP contribution in [0, 0.1) is 0 Å². The average molecular weight is 689 g/mol. The van der Waals surface area contributed by atoms with Crippen molar-refractivity contribution in [2.24, 2.45) is 0 Å². The summed E-state index contributed by atoms with van der Waals surface area (Å²) in [7, 11) is 0. The molecule has 0 atom stereocenters. The van der Waals surface area contributed by atoms with Crippen molar-refractivity contribution in [1.82, 2.24) is 0 Å². The van der Waals surface area contributed by atoms with E-state index in [2.05, 4.69) is 199 Å². The number of benzene rings is 8. The van der Waals surface area contributed by atoms with Crippen LogP contribution in [0.5, 0.6) is 0 Å². The largest absolute Gasteiger partial charge is 0.0867 e. The van der Waals surface area contributed by atoms with Gasteiger partial charge in [-0.05, 0) is 106 Å². The van der Waals surface area contributed by atoms with Crippen LogP contribution in [0.1, 0.15) is 6.92 Å². The molecule has 0 heterocycles. The first-order valence-electron chi connectivity index (χ1n) is 15.5. The zero-order chi connectivity index (χ0) is 30.6. The predicted octanol–water partition coefficient (Wildman–Crippen LogP) is 13.3. The summed E-state index contributed by atoms with van der Waals surface area (Å²) in [5, 5.41) is 7.60. The van der Waals surface area contributed by atoms with E-state index in [0.717, 1.165) is 0 Å². The number of hydrogen-bond acceptors (Lipinski definition) is 0. The maximum Gasteiger partial charge on any atom is -0.00259 e. The van der Waals surface area contributed by atoms with Gasteiger partial charge in [0, 0.05) is 0 Å². The molecule has 216 valence electrons. The van der Waals surface area contributed by atoms with Gasteiger partial charge < -0.3 is 0 Å². The van der Waals surface area contributed by atoms with Crippen molar-refractivity contribution >= 4 is 54.9 Å². The molecular weight excluding hydrogens is 655 g/mol. The Hall–Kier alpha value is -4.73. The number of hydrogen-bond donors (Lipinski definition) is 0. The maximum atomic E-state index is 2.37. The molecule has 0 aliphatic carbocycles. The van der Waals surface area contributed by atoms with Crippen LogP contribution >= 0.6 is 22.6 Å². The highest BCUT2D eigenvalue weighted by Crippen LogP contribution is 2.45. The van der Waals surface area contributed by atoms with E-state index >= 15 is 0 Å². The van der Waals surface area contributed by atoms with Gasteiger partial charge in [0.15, 0.2) is 0 Å². The highest BCUT2D eigenvalue weighted by atomic mass is 127. The van der Waals surface area contributed by atoms with Crippen LogP contribution in [0.15, 0.2) is 170 Å². The van der Waals surface area contributed by atoms with Crippen molar-refractivity contribution < 1.29 is 0 Å². The molecule has 0 fully saturated rings. The van der Waals surface area contributed by atoms with E-state index in [0.29, 0.717) is 0 Å². The lowest BCUT2D eigenvalue weighted by atomic mass is 9.84. The average Bonchev–Trinajstić information content (AvgIpc) is 3.11. The van der Waals surface area contributed by atoms with E-state index in [-0.39, 0.29) is 0 Å². The first-order valence-corrected chi connectivity index (χ1v) is 17.0. The Kier molecular flexibility index (Phi) is 8.44. The molecule has 0 bridgehead atoms. The van der Waals surface area contributed by atoms with Crippen LogP contribution in [0.25, 0.3) is 76.8 Å². The number of fused-ring (bicyclic) bond motifs is 3. The molecule has 0 radical (unpaired) electrons. The molecule has 0 nitrogen and oxygen atoms in total. The molecule has 0 spiro atoms. The van der Waals surface area contributed by atoms with Crippen LogP contribution in [-0.4, -0.2) is 4.43 Å². The molecule has 8 rings (SSSR count). The topological polar surface area (TPSA) is 0 Å². The Morgan fingerprint density at radius 2 is 0.711 bits per heavy atom. The Bertz CT molecular complexity index is 2130. The Morgan fingerprint density at radius 1 is 0.333 bits per heavy atom. The fourth-order valence-corrected chi connectivity index (χ4v) is 6.46. The van der Waals surface area contributed by atoms with Crippen molar-refractivity contribution in [2.45, 2.75) is 6.92 Å². The lowest BCUT2D eigenvalue weighted by Gasteiger charge is -2.19. The molecule has 0 unspecified atom stereocenters. The third-order valence-corrected chi connectivity index (χ3v) is 8.41. The quantitative estimate of drug-likeness (QED) is 0.0981. The molecule has 1 heteroatoms. The van der Waals surface area contributed by atoms with E-state index in [9.17, 15) is 0 Å². The molecule has 0 aliphatic rings. The minimum atomic E-state index is 1.22. The lowest BCUT2D eigenvalue weighted by molar-refractivity contribution is 1.58. The molecule has 45 heavy (non-hydrogen) atoms. The molecule has 0 amide bonds. The van der Waals surface area contributed by atoms with Gasteiger partial charge in [-0.15, -0.1) is 0 Å². The lowest BCUT2D eigenvalue weighted by Crippen LogP contribution is -1.92. The standard InChI is InChI=1S/C42H28.C2H5I/c1-3-13-29(14-4-1)34-26-35(30-15-5-2-6-16-30)28-36(27-34)42-39-21-11-9-19-37(39)41(38-20-10-12-22-40(38)42)33-24-23-31-17-7-8-18-32(31)25-33;1-2-3/h1-28H;2H2,1H3. The van der Waals surface area contributed by atoms with Crippen molar-refractivity contribution in [3.8, 4) is 44.5 Å². The van der Waals surface area contributed by atoms with Gasteiger partial charge >= 0.3 is 0 Å². The van der Waals surface area contributed by atoms with E-state index in [1.165, 1.54) is 81.3 Å². The third kappa shape index (κ3) is 5.77. The molecule has 0 saturated carbocycles. The predicted molar refractivity (Wildman–Crippen MR) is 205 cm³/mol. The van der Waals surface area contributed by atoms with E-state index < -0.39 is 0 Å². The summed E-state index contributed by atoms with van der Waals surface area (Å²) in [6.07, 6.45) is 0. The highest BCUT2D eigenvalue weighted by molar-refractivity contribution is 14.1. The summed E-state index contributed by atoms with van der Waals surface area (Å²) in [5.74, 6) is 0. The Balaban J connectivity index is 0.00000104. The zero-order valence-electron chi connectivity index (χ0n) is 25.3. The second kappa shape index (κ2) is 13.1. The molecular formula is C44H33I. The molecule has 0 aromatic heterocycles. The minimum Gasteiger partial charge on any atom is -0.0867 e. The first kappa shape index (κ1) is 29.0. The number of rotatable bonds is 4. The van der Waals surface area contributed by atoms with Gasteiger partial charge in [0.25, 0.3) is 0 Å². The van der Waals surface area contributed by atoms with Crippen LogP contribution in [-0.2, 0) is 0 Å². The van der Waals surface area contributed by atoms with Gasteiger partial charge in [0.05, 0.1) is 0 Å². The van der Waals surface area contributed by atoms with Gasteiger partial charge in [-0.1, -0.05) is 175 Å². The van der Waals surface area contributed by atoms with Crippen molar-refractivity contribution in [1.29, 1.82) is 0 Å². The molecule has 0 saturated heterocycles. The number of alkyl halides is 1. The normalized spacial score (nSPS) is 11.0. The smallest absolute Gasteiger partial charge is 0.00259 e. The summed E-state index contributed by atoms with van der Waals surface area (Å²) >= 11 is 2.29.